The van der Waals surface area contributed by atoms with E-state index < -0.39 is 0 Å². The van der Waals surface area contributed by atoms with Crippen LogP contribution in [0.15, 0.2) is 12.1 Å². The number of hydrogen-bond acceptors (Lipinski definition) is 2. The van der Waals surface area contributed by atoms with E-state index in [0.717, 1.165) is 6.54 Å². The zero-order valence-corrected chi connectivity index (χ0v) is 7.89. The van der Waals surface area contributed by atoms with Crippen LogP contribution in [0.1, 0.15) is 11.1 Å². The zero-order chi connectivity index (χ0) is 9.84. The number of hydrogen-bond donors (Lipinski definition) is 2. The van der Waals surface area contributed by atoms with Gasteiger partial charge in [-0.15, -0.1) is 0 Å². The first-order valence-electron chi connectivity index (χ1n) is 4.27. The lowest BCUT2D eigenvalue weighted by Crippen LogP contribution is -2.10. The van der Waals surface area contributed by atoms with Crippen molar-refractivity contribution in [2.75, 3.05) is 13.6 Å². The lowest BCUT2D eigenvalue weighted by molar-refractivity contribution is 0.463. The summed E-state index contributed by atoms with van der Waals surface area (Å²) in [7, 11) is 1.82. The predicted octanol–water partition coefficient (Wildman–Crippen LogP) is 1.60. The van der Waals surface area contributed by atoms with Crippen LogP contribution in [0.5, 0.6) is 5.75 Å². The highest BCUT2D eigenvalue weighted by Gasteiger charge is 2.05. The van der Waals surface area contributed by atoms with Crippen LogP contribution in [0.2, 0.25) is 0 Å². The van der Waals surface area contributed by atoms with Gasteiger partial charge in [0.15, 0.2) is 0 Å². The first-order chi connectivity index (χ1) is 6.15. The minimum atomic E-state index is -0.260. The molecule has 0 aromatic heterocycles. The lowest BCUT2D eigenvalue weighted by Gasteiger charge is -2.05. The third-order valence-electron chi connectivity index (χ3n) is 2.00. The van der Waals surface area contributed by atoms with E-state index in [1.165, 1.54) is 12.1 Å². The van der Waals surface area contributed by atoms with E-state index in [-0.39, 0.29) is 11.6 Å². The summed E-state index contributed by atoms with van der Waals surface area (Å²) in [5.74, 6) is -0.0851. The van der Waals surface area contributed by atoms with Crippen molar-refractivity contribution in [3.8, 4) is 5.75 Å². The molecule has 0 saturated carbocycles. The second-order valence-electron chi connectivity index (χ2n) is 3.08. The van der Waals surface area contributed by atoms with Crippen LogP contribution in [0.25, 0.3) is 0 Å². The van der Waals surface area contributed by atoms with Crippen molar-refractivity contribution < 1.29 is 9.50 Å². The number of rotatable bonds is 3. The highest BCUT2D eigenvalue weighted by atomic mass is 19.1. The molecule has 0 aliphatic carbocycles. The van der Waals surface area contributed by atoms with Crippen LogP contribution in [-0.4, -0.2) is 18.7 Å². The molecule has 1 aromatic rings. The highest BCUT2D eigenvalue weighted by molar-refractivity contribution is 5.37. The normalized spacial score (nSPS) is 10.4. The van der Waals surface area contributed by atoms with E-state index in [1.54, 1.807) is 6.92 Å². The highest BCUT2D eigenvalue weighted by Crippen LogP contribution is 2.21. The van der Waals surface area contributed by atoms with Crippen molar-refractivity contribution in [1.82, 2.24) is 5.32 Å². The van der Waals surface area contributed by atoms with Gasteiger partial charge in [0.25, 0.3) is 0 Å². The number of aryl methyl sites for hydroxylation is 1. The van der Waals surface area contributed by atoms with Gasteiger partial charge in [-0.25, -0.2) is 4.39 Å². The number of phenolic OH excluding ortho intramolecular Hbond substituents is 1. The molecule has 3 heteroatoms. The van der Waals surface area contributed by atoms with Crippen LogP contribution in [0, 0.1) is 12.7 Å². The maximum Gasteiger partial charge on any atom is 0.126 e. The molecular formula is C10H14FNO. The number of aromatic hydroxyl groups is 1. The third kappa shape index (κ3) is 2.42. The van der Waals surface area contributed by atoms with E-state index >= 15 is 0 Å². The quantitative estimate of drug-likeness (QED) is 0.746. The molecule has 0 atom stereocenters. The van der Waals surface area contributed by atoms with Gasteiger partial charge in [0.05, 0.1) is 0 Å². The van der Waals surface area contributed by atoms with E-state index in [2.05, 4.69) is 5.32 Å². The van der Waals surface area contributed by atoms with E-state index in [4.69, 9.17) is 0 Å². The van der Waals surface area contributed by atoms with Crippen molar-refractivity contribution in [1.29, 1.82) is 0 Å². The SMILES string of the molecule is CNCCc1cc(F)c(C)cc1O. The van der Waals surface area contributed by atoms with Crippen molar-refractivity contribution in [2.45, 2.75) is 13.3 Å². The largest absolute Gasteiger partial charge is 0.508 e. The Bertz CT molecular complexity index is 299. The first-order valence-corrected chi connectivity index (χ1v) is 4.27. The summed E-state index contributed by atoms with van der Waals surface area (Å²) in [6.07, 6.45) is 0.638. The Labute approximate surface area is 77.4 Å². The minimum absolute atomic E-state index is 0.175. The molecule has 0 fully saturated rings. The van der Waals surface area contributed by atoms with Gasteiger partial charge in [-0.2, -0.15) is 0 Å². The molecule has 0 saturated heterocycles. The third-order valence-corrected chi connectivity index (χ3v) is 2.00. The summed E-state index contributed by atoms with van der Waals surface area (Å²) in [4.78, 5) is 0. The summed E-state index contributed by atoms with van der Waals surface area (Å²) in [5, 5.41) is 12.4. The molecule has 13 heavy (non-hydrogen) atoms. The Morgan fingerprint density at radius 2 is 2.15 bits per heavy atom. The molecule has 1 aromatic carbocycles. The molecule has 1 rings (SSSR count). The smallest absolute Gasteiger partial charge is 0.126 e. The van der Waals surface area contributed by atoms with Gasteiger partial charge in [0, 0.05) is 0 Å². The van der Waals surface area contributed by atoms with Crippen molar-refractivity contribution in [3.63, 3.8) is 0 Å². The Morgan fingerprint density at radius 1 is 1.46 bits per heavy atom. The average Bonchev–Trinajstić information content (AvgIpc) is 2.09. The number of likely N-dealkylation sites (N-methyl/N-ethyl adjacent to an activating group) is 1. The molecule has 0 aliphatic heterocycles. The molecule has 2 nitrogen and oxygen atoms in total. The van der Waals surface area contributed by atoms with Crippen LogP contribution < -0.4 is 5.32 Å². The second-order valence-corrected chi connectivity index (χ2v) is 3.08. The van der Waals surface area contributed by atoms with Crippen LogP contribution in [0.4, 0.5) is 4.39 Å². The molecular weight excluding hydrogens is 169 g/mol. The summed E-state index contributed by atoms with van der Waals surface area (Å²) in [5.41, 5.74) is 1.13. The molecule has 0 aliphatic rings. The van der Waals surface area contributed by atoms with Gasteiger partial charge < -0.3 is 10.4 Å². The molecule has 0 unspecified atom stereocenters. The lowest BCUT2D eigenvalue weighted by atomic mass is 10.1. The van der Waals surface area contributed by atoms with Gasteiger partial charge in [-0.05, 0) is 50.2 Å². The number of phenols is 1. The van der Waals surface area contributed by atoms with Gasteiger partial charge >= 0.3 is 0 Å². The maximum atomic E-state index is 13.1. The van der Waals surface area contributed by atoms with Gasteiger partial charge in [-0.3, -0.25) is 0 Å². The average molecular weight is 183 g/mol. The first kappa shape index (κ1) is 9.99. The monoisotopic (exact) mass is 183 g/mol. The summed E-state index contributed by atoms with van der Waals surface area (Å²) in [6.45, 7) is 2.37. The van der Waals surface area contributed by atoms with Gasteiger partial charge in [0.2, 0.25) is 0 Å². The van der Waals surface area contributed by atoms with Crippen LogP contribution in [0.3, 0.4) is 0 Å². The summed E-state index contributed by atoms with van der Waals surface area (Å²) < 4.78 is 13.1. The molecule has 0 radical (unpaired) electrons. The predicted molar refractivity (Wildman–Crippen MR) is 50.4 cm³/mol. The molecule has 2 N–H and O–H groups in total. The molecule has 0 heterocycles. The maximum absolute atomic E-state index is 13.1. The fourth-order valence-corrected chi connectivity index (χ4v) is 1.17. The zero-order valence-electron chi connectivity index (χ0n) is 7.89. The molecule has 0 spiro atoms. The Morgan fingerprint density at radius 3 is 2.77 bits per heavy atom. The summed E-state index contributed by atoms with van der Waals surface area (Å²) in [6, 6.07) is 2.85. The Hall–Kier alpha value is -1.09. The van der Waals surface area contributed by atoms with Crippen molar-refractivity contribution in [2.24, 2.45) is 0 Å². The van der Waals surface area contributed by atoms with Gasteiger partial charge in [-0.1, -0.05) is 0 Å². The Balaban J connectivity index is 2.88. The second kappa shape index (κ2) is 4.23. The number of nitrogens with one attached hydrogen (secondary N) is 1. The summed E-state index contributed by atoms with van der Waals surface area (Å²) >= 11 is 0. The van der Waals surface area contributed by atoms with Gasteiger partial charge in [0.1, 0.15) is 11.6 Å². The Kier molecular flexibility index (Phi) is 3.25. The number of halogens is 1. The fourth-order valence-electron chi connectivity index (χ4n) is 1.17. The fraction of sp³-hybridized carbons (Fsp3) is 0.400. The van der Waals surface area contributed by atoms with Crippen LogP contribution >= 0.6 is 0 Å². The van der Waals surface area contributed by atoms with E-state index in [1.807, 2.05) is 7.05 Å². The van der Waals surface area contributed by atoms with E-state index in [0.29, 0.717) is 17.5 Å². The molecule has 72 valence electrons. The van der Waals surface area contributed by atoms with Crippen LogP contribution in [-0.2, 0) is 6.42 Å². The van der Waals surface area contributed by atoms with Crippen molar-refractivity contribution in [3.05, 3.63) is 29.1 Å². The standard InChI is InChI=1S/C10H14FNO/c1-7-5-10(13)8(3-4-12-2)6-9(7)11/h5-6,12-13H,3-4H2,1-2H3. The minimum Gasteiger partial charge on any atom is -0.508 e. The molecule has 0 bridgehead atoms. The topological polar surface area (TPSA) is 32.3 Å². The van der Waals surface area contributed by atoms with Crippen molar-refractivity contribution >= 4 is 0 Å². The molecule has 0 amide bonds. The number of benzene rings is 1. The van der Waals surface area contributed by atoms with E-state index in [9.17, 15) is 9.50 Å².